The molecule has 0 spiro atoms. The van der Waals surface area contributed by atoms with E-state index in [1.165, 1.54) is 25.1 Å². The van der Waals surface area contributed by atoms with E-state index in [1.807, 2.05) is 0 Å². The van der Waals surface area contributed by atoms with E-state index < -0.39 is 29.2 Å². The molecular formula is C17H16F3N3O2. The average Bonchev–Trinajstić information content (AvgIpc) is 3.39. The molecule has 1 saturated carbocycles. The van der Waals surface area contributed by atoms with Crippen molar-refractivity contribution in [2.45, 2.75) is 37.9 Å². The van der Waals surface area contributed by atoms with Crippen LogP contribution in [0.25, 0.3) is 0 Å². The zero-order chi connectivity index (χ0) is 18.2. The smallest absolute Gasteiger partial charge is 0.324 e. The van der Waals surface area contributed by atoms with E-state index in [0.29, 0.717) is 5.92 Å². The molecule has 2 aromatic rings. The predicted octanol–water partition coefficient (Wildman–Crippen LogP) is 3.34. The largest absolute Gasteiger partial charge is 0.416 e. The van der Waals surface area contributed by atoms with Crippen LogP contribution in [0.2, 0.25) is 0 Å². The van der Waals surface area contributed by atoms with E-state index in [4.69, 9.17) is 0 Å². The van der Waals surface area contributed by atoms with Crippen molar-refractivity contribution in [3.8, 4) is 0 Å². The first-order chi connectivity index (χ1) is 11.8. The fourth-order valence-electron chi connectivity index (χ4n) is 2.41. The van der Waals surface area contributed by atoms with Crippen molar-refractivity contribution in [3.05, 3.63) is 58.0 Å². The molecule has 0 bridgehead atoms. The number of anilines is 1. The second-order valence-corrected chi connectivity index (χ2v) is 6.06. The van der Waals surface area contributed by atoms with E-state index in [2.05, 4.69) is 10.4 Å². The van der Waals surface area contributed by atoms with Crippen LogP contribution in [0.3, 0.4) is 0 Å². The molecule has 1 fully saturated rings. The summed E-state index contributed by atoms with van der Waals surface area (Å²) in [6, 6.07) is 6.28. The molecule has 0 aliphatic heterocycles. The maximum absolute atomic E-state index is 12.6. The Bertz CT molecular complexity index is 839. The van der Waals surface area contributed by atoms with Crippen molar-refractivity contribution in [1.29, 1.82) is 0 Å². The number of carbonyl (C=O) groups excluding carboxylic acids is 1. The summed E-state index contributed by atoms with van der Waals surface area (Å²) in [4.78, 5) is 24.3. The molecule has 1 heterocycles. The molecule has 1 aliphatic carbocycles. The number of nitrogens with zero attached hydrogens (tertiary/aromatic N) is 2. The second-order valence-electron chi connectivity index (χ2n) is 6.06. The highest BCUT2D eigenvalue weighted by atomic mass is 19.4. The molecule has 3 rings (SSSR count). The Morgan fingerprint density at radius 3 is 2.40 bits per heavy atom. The Labute approximate surface area is 141 Å². The van der Waals surface area contributed by atoms with Crippen molar-refractivity contribution in [2.24, 2.45) is 0 Å². The Morgan fingerprint density at radius 1 is 1.20 bits per heavy atom. The van der Waals surface area contributed by atoms with E-state index in [-0.39, 0.29) is 5.69 Å². The molecule has 25 heavy (non-hydrogen) atoms. The molecule has 1 aliphatic rings. The van der Waals surface area contributed by atoms with Gasteiger partial charge in [-0.2, -0.15) is 18.3 Å². The number of hydrogen-bond acceptors (Lipinski definition) is 3. The van der Waals surface area contributed by atoms with Crippen molar-refractivity contribution in [1.82, 2.24) is 9.78 Å². The van der Waals surface area contributed by atoms with E-state index in [9.17, 15) is 22.8 Å². The molecule has 5 nitrogen and oxygen atoms in total. The molecule has 1 N–H and O–H groups in total. The standard InChI is InChI=1S/C17H16F3N3O2/c1-10(23-15(24)9-8-14(22-23)11-2-3-11)16(25)21-13-6-4-12(5-7-13)17(18,19)20/h4-11H,2-3H2,1H3,(H,21,25). The van der Waals surface area contributed by atoms with E-state index in [1.54, 1.807) is 6.07 Å². The van der Waals surface area contributed by atoms with Crippen molar-refractivity contribution in [2.75, 3.05) is 5.32 Å². The number of benzene rings is 1. The minimum absolute atomic E-state index is 0.219. The lowest BCUT2D eigenvalue weighted by Gasteiger charge is -2.15. The molecular weight excluding hydrogens is 335 g/mol. The van der Waals surface area contributed by atoms with Gasteiger partial charge in [0.15, 0.2) is 0 Å². The minimum atomic E-state index is -4.43. The lowest BCUT2D eigenvalue weighted by atomic mass is 10.2. The van der Waals surface area contributed by atoms with Crippen LogP contribution in [0.5, 0.6) is 0 Å². The summed E-state index contributed by atoms with van der Waals surface area (Å²) in [6.45, 7) is 1.52. The van der Waals surface area contributed by atoms with Crippen LogP contribution >= 0.6 is 0 Å². The second kappa shape index (κ2) is 6.34. The van der Waals surface area contributed by atoms with Crippen molar-refractivity contribution >= 4 is 11.6 Å². The van der Waals surface area contributed by atoms with Crippen molar-refractivity contribution in [3.63, 3.8) is 0 Å². The molecule has 1 atom stereocenters. The van der Waals surface area contributed by atoms with Gasteiger partial charge in [-0.1, -0.05) is 0 Å². The van der Waals surface area contributed by atoms with Gasteiger partial charge in [0.2, 0.25) is 5.91 Å². The minimum Gasteiger partial charge on any atom is -0.324 e. The van der Waals surface area contributed by atoms with Crippen molar-refractivity contribution < 1.29 is 18.0 Å². The molecule has 132 valence electrons. The quantitative estimate of drug-likeness (QED) is 0.919. The van der Waals surface area contributed by atoms with Gasteiger partial charge in [0, 0.05) is 17.7 Å². The highest BCUT2D eigenvalue weighted by Gasteiger charge is 2.30. The fourth-order valence-corrected chi connectivity index (χ4v) is 2.41. The topological polar surface area (TPSA) is 64.0 Å². The van der Waals surface area contributed by atoms with Gasteiger partial charge in [0.05, 0.1) is 11.3 Å². The summed E-state index contributed by atoms with van der Waals surface area (Å²) in [7, 11) is 0. The number of hydrogen-bond donors (Lipinski definition) is 1. The molecule has 1 aromatic heterocycles. The normalized spacial score (nSPS) is 15.7. The number of amides is 1. The van der Waals surface area contributed by atoms with Gasteiger partial charge in [-0.3, -0.25) is 9.59 Å². The van der Waals surface area contributed by atoms with Gasteiger partial charge in [0.25, 0.3) is 5.56 Å². The van der Waals surface area contributed by atoms with Crippen LogP contribution in [0, 0.1) is 0 Å². The molecule has 1 aromatic carbocycles. The maximum Gasteiger partial charge on any atom is 0.416 e. The van der Waals surface area contributed by atoms with Crippen LogP contribution in [-0.2, 0) is 11.0 Å². The van der Waals surface area contributed by atoms with E-state index in [0.717, 1.165) is 35.4 Å². The number of rotatable bonds is 4. The SMILES string of the molecule is CC(C(=O)Nc1ccc(C(F)(F)F)cc1)n1nc(C2CC2)ccc1=O. The lowest BCUT2D eigenvalue weighted by molar-refractivity contribution is -0.137. The van der Waals surface area contributed by atoms with Gasteiger partial charge in [0.1, 0.15) is 6.04 Å². The fraction of sp³-hybridized carbons (Fsp3) is 0.353. The number of aromatic nitrogens is 2. The molecule has 1 unspecified atom stereocenters. The maximum atomic E-state index is 12.6. The zero-order valence-corrected chi connectivity index (χ0v) is 13.4. The van der Waals surface area contributed by atoms with Gasteiger partial charge in [-0.05, 0) is 50.1 Å². The monoisotopic (exact) mass is 351 g/mol. The summed E-state index contributed by atoms with van der Waals surface area (Å²) >= 11 is 0. The number of carbonyl (C=O) groups is 1. The zero-order valence-electron chi connectivity index (χ0n) is 13.4. The van der Waals surface area contributed by atoms with E-state index >= 15 is 0 Å². The Hall–Kier alpha value is -2.64. The van der Waals surface area contributed by atoms with Gasteiger partial charge >= 0.3 is 6.18 Å². The molecule has 0 saturated heterocycles. The third-order valence-corrected chi connectivity index (χ3v) is 4.07. The average molecular weight is 351 g/mol. The summed E-state index contributed by atoms with van der Waals surface area (Å²) in [5, 5.41) is 6.74. The van der Waals surface area contributed by atoms with Crippen LogP contribution < -0.4 is 10.9 Å². The third-order valence-electron chi connectivity index (χ3n) is 4.07. The van der Waals surface area contributed by atoms with Crippen LogP contribution in [0.15, 0.2) is 41.2 Å². The summed E-state index contributed by atoms with van der Waals surface area (Å²) in [5.41, 5.74) is -0.210. The Kier molecular flexibility index (Phi) is 4.36. The van der Waals surface area contributed by atoms with Gasteiger partial charge < -0.3 is 5.32 Å². The van der Waals surface area contributed by atoms with Gasteiger partial charge in [-0.15, -0.1) is 0 Å². The summed E-state index contributed by atoms with van der Waals surface area (Å²) < 4.78 is 38.8. The first kappa shape index (κ1) is 17.2. The van der Waals surface area contributed by atoms with Crippen LogP contribution in [-0.4, -0.2) is 15.7 Å². The summed E-state index contributed by atoms with van der Waals surface area (Å²) in [6.07, 6.45) is -2.41. The highest BCUT2D eigenvalue weighted by molar-refractivity contribution is 5.93. The Balaban J connectivity index is 1.75. The molecule has 1 amide bonds. The first-order valence-electron chi connectivity index (χ1n) is 7.83. The molecule has 8 heteroatoms. The highest BCUT2D eigenvalue weighted by Crippen LogP contribution is 2.38. The number of halogens is 3. The number of nitrogens with one attached hydrogen (secondary N) is 1. The third kappa shape index (κ3) is 3.89. The van der Waals surface area contributed by atoms with Gasteiger partial charge in [-0.25, -0.2) is 4.68 Å². The molecule has 0 radical (unpaired) electrons. The van der Waals surface area contributed by atoms with Crippen LogP contribution in [0.4, 0.5) is 18.9 Å². The number of alkyl halides is 3. The lowest BCUT2D eigenvalue weighted by Crippen LogP contribution is -2.33. The first-order valence-corrected chi connectivity index (χ1v) is 7.83. The van der Waals surface area contributed by atoms with Crippen LogP contribution in [0.1, 0.15) is 43.0 Å². The summed E-state index contributed by atoms with van der Waals surface area (Å²) in [5.74, 6) is -0.195. The predicted molar refractivity (Wildman–Crippen MR) is 85.3 cm³/mol. The Morgan fingerprint density at radius 2 is 1.84 bits per heavy atom.